The van der Waals surface area contributed by atoms with E-state index in [-0.39, 0.29) is 49.5 Å². The van der Waals surface area contributed by atoms with Gasteiger partial charge in [0.15, 0.2) is 0 Å². The van der Waals surface area contributed by atoms with Gasteiger partial charge in [-0.2, -0.15) is 0 Å². The first-order chi connectivity index (χ1) is 16.4. The van der Waals surface area contributed by atoms with Gasteiger partial charge in [-0.05, 0) is 56.5 Å². The van der Waals surface area contributed by atoms with E-state index in [4.69, 9.17) is 0 Å². The van der Waals surface area contributed by atoms with Gasteiger partial charge in [0.25, 0.3) is 0 Å². The van der Waals surface area contributed by atoms with Gasteiger partial charge < -0.3 is 10.2 Å². The third-order valence-corrected chi connectivity index (χ3v) is 7.36. The maximum absolute atomic E-state index is 14.3. The quantitative estimate of drug-likeness (QED) is 0.408. The van der Waals surface area contributed by atoms with Crippen molar-refractivity contribution in [2.24, 2.45) is 0 Å². The second-order valence-electron chi connectivity index (χ2n) is 8.54. The normalized spacial score (nSPS) is 13.1. The minimum Gasteiger partial charge on any atom is -0.352 e. The van der Waals surface area contributed by atoms with Crippen LogP contribution in [0.25, 0.3) is 0 Å². The van der Waals surface area contributed by atoms with Crippen LogP contribution in [0.3, 0.4) is 0 Å². The molecule has 7 nitrogen and oxygen atoms in total. The van der Waals surface area contributed by atoms with Gasteiger partial charge in [0.2, 0.25) is 21.8 Å². The number of nitrogens with zero attached hydrogens (tertiary/aromatic N) is 2. The van der Waals surface area contributed by atoms with Crippen molar-refractivity contribution in [2.75, 3.05) is 17.1 Å². The molecule has 1 N–H and O–H groups in total. The average Bonchev–Trinajstić information content (AvgIpc) is 2.79. The number of nitrogens with one attached hydrogen (secondary N) is 1. The number of para-hydroxylation sites is 1. The molecule has 0 aliphatic heterocycles. The van der Waals surface area contributed by atoms with E-state index in [0.717, 1.165) is 27.0 Å². The van der Waals surface area contributed by atoms with Gasteiger partial charge in [0.1, 0.15) is 11.9 Å². The second kappa shape index (κ2) is 13.0. The van der Waals surface area contributed by atoms with E-state index in [0.29, 0.717) is 0 Å². The summed E-state index contributed by atoms with van der Waals surface area (Å²) in [6, 6.07) is 12.3. The molecule has 35 heavy (non-hydrogen) atoms. The SMILES string of the molecule is CCC(C)NC(=O)C(C)N(Cc1cccc(Br)c1)C(=O)CCCN(c1ccccc1F)S(C)(=O)=O. The van der Waals surface area contributed by atoms with Crippen LogP contribution < -0.4 is 9.62 Å². The van der Waals surface area contributed by atoms with Gasteiger partial charge in [-0.25, -0.2) is 12.8 Å². The van der Waals surface area contributed by atoms with E-state index in [2.05, 4.69) is 21.2 Å². The van der Waals surface area contributed by atoms with Crippen LogP contribution in [0.5, 0.6) is 0 Å². The zero-order valence-corrected chi connectivity index (χ0v) is 22.9. The number of hydrogen-bond acceptors (Lipinski definition) is 4. The van der Waals surface area contributed by atoms with E-state index in [9.17, 15) is 22.4 Å². The van der Waals surface area contributed by atoms with Crippen molar-refractivity contribution >= 4 is 43.5 Å². The fraction of sp³-hybridized carbons (Fsp3) is 0.440. The molecule has 0 heterocycles. The Hall–Kier alpha value is -2.46. The highest BCUT2D eigenvalue weighted by atomic mass is 79.9. The Morgan fingerprint density at radius 2 is 1.80 bits per heavy atom. The second-order valence-corrected chi connectivity index (χ2v) is 11.4. The van der Waals surface area contributed by atoms with Gasteiger partial charge in [-0.3, -0.25) is 13.9 Å². The molecule has 2 atom stereocenters. The summed E-state index contributed by atoms with van der Waals surface area (Å²) in [4.78, 5) is 27.6. The van der Waals surface area contributed by atoms with Gasteiger partial charge in [-0.1, -0.05) is 47.1 Å². The Morgan fingerprint density at radius 3 is 2.40 bits per heavy atom. The first-order valence-corrected chi connectivity index (χ1v) is 14.1. The summed E-state index contributed by atoms with van der Waals surface area (Å²) < 4.78 is 40.7. The standard InChI is InChI=1S/C25H33BrFN3O4S/c1-5-18(2)28-25(32)19(3)29(17-20-10-8-11-21(26)16-20)24(31)14-9-15-30(35(4,33)34)23-13-7-6-12-22(23)27/h6-8,10-13,16,18-19H,5,9,14-15,17H2,1-4H3,(H,28,32). The molecule has 0 spiro atoms. The summed E-state index contributed by atoms with van der Waals surface area (Å²) in [6.07, 6.45) is 1.92. The number of amides is 2. The number of sulfonamides is 1. The highest BCUT2D eigenvalue weighted by Gasteiger charge is 2.27. The number of anilines is 1. The van der Waals surface area contributed by atoms with Gasteiger partial charge in [0.05, 0.1) is 11.9 Å². The smallest absolute Gasteiger partial charge is 0.242 e. The maximum atomic E-state index is 14.3. The minimum atomic E-state index is -3.76. The predicted octanol–water partition coefficient (Wildman–Crippen LogP) is 4.47. The molecule has 0 radical (unpaired) electrons. The summed E-state index contributed by atoms with van der Waals surface area (Å²) in [5.41, 5.74) is 0.787. The lowest BCUT2D eigenvalue weighted by Crippen LogP contribution is -2.49. The topological polar surface area (TPSA) is 86.8 Å². The Bertz CT molecular complexity index is 1130. The molecule has 10 heteroatoms. The number of hydrogen-bond donors (Lipinski definition) is 1. The van der Waals surface area contributed by atoms with E-state index < -0.39 is 21.9 Å². The molecule has 0 saturated heterocycles. The molecule has 2 aromatic carbocycles. The van der Waals surface area contributed by atoms with Crippen LogP contribution in [0.4, 0.5) is 10.1 Å². The summed E-state index contributed by atoms with van der Waals surface area (Å²) in [5.74, 6) is -1.21. The summed E-state index contributed by atoms with van der Waals surface area (Å²) in [5, 5.41) is 2.91. The van der Waals surface area contributed by atoms with Crippen LogP contribution in [0.15, 0.2) is 53.0 Å². The summed E-state index contributed by atoms with van der Waals surface area (Å²) >= 11 is 3.43. The summed E-state index contributed by atoms with van der Waals surface area (Å²) in [7, 11) is -3.76. The van der Waals surface area contributed by atoms with Crippen molar-refractivity contribution in [3.63, 3.8) is 0 Å². The minimum absolute atomic E-state index is 0.00454. The van der Waals surface area contributed by atoms with Crippen LogP contribution in [-0.2, 0) is 26.2 Å². The summed E-state index contributed by atoms with van der Waals surface area (Å²) in [6.45, 7) is 5.69. The largest absolute Gasteiger partial charge is 0.352 e. The number of halogens is 2. The molecule has 2 amide bonds. The van der Waals surface area contributed by atoms with Crippen molar-refractivity contribution in [3.05, 3.63) is 64.4 Å². The molecule has 0 saturated carbocycles. The Labute approximate surface area is 215 Å². The van der Waals surface area contributed by atoms with Crippen LogP contribution >= 0.6 is 15.9 Å². The zero-order valence-electron chi connectivity index (χ0n) is 20.5. The molecule has 0 aliphatic carbocycles. The molecule has 2 rings (SSSR count). The van der Waals surface area contributed by atoms with E-state index in [1.165, 1.54) is 23.1 Å². The molecule has 0 bridgehead atoms. The van der Waals surface area contributed by atoms with Crippen molar-refractivity contribution < 1.29 is 22.4 Å². The van der Waals surface area contributed by atoms with Crippen molar-refractivity contribution in [3.8, 4) is 0 Å². The highest BCUT2D eigenvalue weighted by molar-refractivity contribution is 9.10. The molecular weight excluding hydrogens is 537 g/mol. The number of rotatable bonds is 12. The number of carbonyl (C=O) groups is 2. The fourth-order valence-electron chi connectivity index (χ4n) is 3.52. The first kappa shape index (κ1) is 28.8. The fourth-order valence-corrected chi connectivity index (χ4v) is 4.93. The lowest BCUT2D eigenvalue weighted by atomic mass is 10.1. The molecule has 192 valence electrons. The number of carbonyl (C=O) groups excluding carboxylic acids is 2. The van der Waals surface area contributed by atoms with Crippen molar-refractivity contribution in [1.82, 2.24) is 10.2 Å². The van der Waals surface area contributed by atoms with E-state index in [1.807, 2.05) is 38.1 Å². The van der Waals surface area contributed by atoms with Gasteiger partial charge >= 0.3 is 0 Å². The van der Waals surface area contributed by atoms with Crippen LogP contribution in [-0.4, -0.2) is 50.0 Å². The average molecular weight is 571 g/mol. The van der Waals surface area contributed by atoms with E-state index in [1.54, 1.807) is 13.0 Å². The molecule has 0 fully saturated rings. The Kier molecular flexibility index (Phi) is 10.7. The third-order valence-electron chi connectivity index (χ3n) is 5.68. The first-order valence-electron chi connectivity index (χ1n) is 11.5. The Balaban J connectivity index is 2.18. The monoisotopic (exact) mass is 569 g/mol. The van der Waals surface area contributed by atoms with Crippen LogP contribution in [0, 0.1) is 5.82 Å². The van der Waals surface area contributed by atoms with E-state index >= 15 is 0 Å². The van der Waals surface area contributed by atoms with Crippen molar-refractivity contribution in [1.29, 1.82) is 0 Å². The number of benzene rings is 2. The van der Waals surface area contributed by atoms with Crippen LogP contribution in [0.1, 0.15) is 45.6 Å². The lowest BCUT2D eigenvalue weighted by molar-refractivity contribution is -0.140. The highest BCUT2D eigenvalue weighted by Crippen LogP contribution is 2.22. The molecular formula is C25H33BrFN3O4S. The maximum Gasteiger partial charge on any atom is 0.242 e. The van der Waals surface area contributed by atoms with Gasteiger partial charge in [0, 0.05) is 30.0 Å². The van der Waals surface area contributed by atoms with Gasteiger partial charge in [-0.15, -0.1) is 0 Å². The molecule has 2 unspecified atom stereocenters. The molecule has 0 aromatic heterocycles. The Morgan fingerprint density at radius 1 is 1.11 bits per heavy atom. The third kappa shape index (κ3) is 8.61. The van der Waals surface area contributed by atoms with Crippen LogP contribution in [0.2, 0.25) is 0 Å². The molecule has 0 aliphatic rings. The lowest BCUT2D eigenvalue weighted by Gasteiger charge is -2.30. The predicted molar refractivity (Wildman–Crippen MR) is 140 cm³/mol. The molecule has 2 aromatic rings. The van der Waals surface area contributed by atoms with Crippen molar-refractivity contribution in [2.45, 2.75) is 58.7 Å². The zero-order chi connectivity index (χ0) is 26.2.